The first-order valence-electron chi connectivity index (χ1n) is 5.23. The van der Waals surface area contributed by atoms with Gasteiger partial charge in [0.15, 0.2) is 11.5 Å². The molecule has 4 nitrogen and oxygen atoms in total. The van der Waals surface area contributed by atoms with Crippen LogP contribution in [0.2, 0.25) is 0 Å². The first-order valence-corrected chi connectivity index (χ1v) is 5.23. The number of fused-ring (bicyclic) bond motifs is 2. The standard InChI is InChI=1S/C13H10N2O2/c1-7-2-3-8-9(4-7)15-11-6-13(17)12(16)5-10(11)14-8/h2-6,16-17H,1H3. The van der Waals surface area contributed by atoms with Gasteiger partial charge >= 0.3 is 0 Å². The van der Waals surface area contributed by atoms with Gasteiger partial charge in [-0.15, -0.1) is 0 Å². The third-order valence-corrected chi connectivity index (χ3v) is 2.68. The maximum atomic E-state index is 9.43. The topological polar surface area (TPSA) is 66.2 Å². The van der Waals surface area contributed by atoms with Gasteiger partial charge in [0.2, 0.25) is 0 Å². The van der Waals surface area contributed by atoms with Gasteiger partial charge in [0.1, 0.15) is 0 Å². The van der Waals surface area contributed by atoms with E-state index < -0.39 is 0 Å². The summed E-state index contributed by atoms with van der Waals surface area (Å²) in [7, 11) is 0. The van der Waals surface area contributed by atoms with E-state index in [2.05, 4.69) is 9.97 Å². The van der Waals surface area contributed by atoms with Crippen LogP contribution < -0.4 is 0 Å². The Morgan fingerprint density at radius 3 is 1.94 bits per heavy atom. The molecule has 3 aromatic rings. The molecule has 4 heteroatoms. The summed E-state index contributed by atoms with van der Waals surface area (Å²) in [5, 5.41) is 18.8. The highest BCUT2D eigenvalue weighted by molar-refractivity contribution is 5.88. The number of hydrogen-bond acceptors (Lipinski definition) is 4. The summed E-state index contributed by atoms with van der Waals surface area (Å²) in [5.41, 5.74) is 3.79. The molecule has 1 heterocycles. The lowest BCUT2D eigenvalue weighted by molar-refractivity contribution is 0.404. The third-order valence-electron chi connectivity index (χ3n) is 2.68. The van der Waals surface area contributed by atoms with Crippen LogP contribution in [0.1, 0.15) is 5.56 Å². The second-order valence-electron chi connectivity index (χ2n) is 4.05. The molecule has 0 atom stereocenters. The molecule has 0 fully saturated rings. The van der Waals surface area contributed by atoms with Crippen LogP contribution in [0.4, 0.5) is 0 Å². The smallest absolute Gasteiger partial charge is 0.159 e. The van der Waals surface area contributed by atoms with Crippen molar-refractivity contribution in [3.05, 3.63) is 35.9 Å². The number of aromatic nitrogens is 2. The Hall–Kier alpha value is -2.36. The summed E-state index contributed by atoms with van der Waals surface area (Å²) in [6.45, 7) is 1.99. The third kappa shape index (κ3) is 1.54. The molecule has 0 saturated heterocycles. The summed E-state index contributed by atoms with van der Waals surface area (Å²) in [4.78, 5) is 8.79. The van der Waals surface area contributed by atoms with E-state index >= 15 is 0 Å². The molecule has 1 aromatic heterocycles. The fraction of sp³-hybridized carbons (Fsp3) is 0.0769. The predicted molar refractivity (Wildman–Crippen MR) is 65.1 cm³/mol. The van der Waals surface area contributed by atoms with Crippen LogP contribution in [0.25, 0.3) is 22.1 Å². The molecular weight excluding hydrogens is 216 g/mol. The minimum absolute atomic E-state index is 0.182. The molecule has 2 N–H and O–H groups in total. The van der Waals surface area contributed by atoms with E-state index in [1.165, 1.54) is 12.1 Å². The van der Waals surface area contributed by atoms with Gasteiger partial charge in [0.25, 0.3) is 0 Å². The Labute approximate surface area is 97.2 Å². The van der Waals surface area contributed by atoms with Crippen molar-refractivity contribution in [2.24, 2.45) is 0 Å². The van der Waals surface area contributed by atoms with Crippen molar-refractivity contribution in [2.45, 2.75) is 6.92 Å². The quantitative estimate of drug-likeness (QED) is 0.456. The van der Waals surface area contributed by atoms with Crippen molar-refractivity contribution < 1.29 is 10.2 Å². The van der Waals surface area contributed by atoms with Crippen molar-refractivity contribution in [1.29, 1.82) is 0 Å². The highest BCUT2D eigenvalue weighted by Gasteiger charge is 2.06. The Balaban J connectivity index is 2.43. The molecule has 0 unspecified atom stereocenters. The molecule has 2 aromatic carbocycles. The zero-order valence-electron chi connectivity index (χ0n) is 9.18. The maximum Gasteiger partial charge on any atom is 0.159 e. The summed E-state index contributed by atoms with van der Waals surface area (Å²) >= 11 is 0. The minimum atomic E-state index is -0.182. The van der Waals surface area contributed by atoms with Crippen LogP contribution in [-0.4, -0.2) is 20.2 Å². The van der Waals surface area contributed by atoms with Gasteiger partial charge in [-0.2, -0.15) is 0 Å². The van der Waals surface area contributed by atoms with Crippen LogP contribution in [0.15, 0.2) is 30.3 Å². The largest absolute Gasteiger partial charge is 0.504 e. The number of rotatable bonds is 0. The highest BCUT2D eigenvalue weighted by atomic mass is 16.3. The molecule has 0 amide bonds. The van der Waals surface area contributed by atoms with Gasteiger partial charge in [0.05, 0.1) is 22.1 Å². The van der Waals surface area contributed by atoms with E-state index in [1.807, 2.05) is 25.1 Å². The van der Waals surface area contributed by atoms with Crippen molar-refractivity contribution >= 4 is 22.1 Å². The van der Waals surface area contributed by atoms with E-state index in [0.717, 1.165) is 16.6 Å². The van der Waals surface area contributed by atoms with Crippen molar-refractivity contribution in [2.75, 3.05) is 0 Å². The second kappa shape index (κ2) is 3.31. The Morgan fingerprint density at radius 2 is 1.29 bits per heavy atom. The van der Waals surface area contributed by atoms with Crippen LogP contribution in [0.3, 0.4) is 0 Å². The average molecular weight is 226 g/mol. The molecule has 0 radical (unpaired) electrons. The maximum absolute atomic E-state index is 9.43. The molecule has 0 aliphatic heterocycles. The highest BCUT2D eigenvalue weighted by Crippen LogP contribution is 2.29. The van der Waals surface area contributed by atoms with Crippen LogP contribution in [0.5, 0.6) is 11.5 Å². The molecule has 0 aliphatic rings. The molecule has 0 aliphatic carbocycles. The molecule has 84 valence electrons. The molecule has 17 heavy (non-hydrogen) atoms. The zero-order valence-corrected chi connectivity index (χ0v) is 9.18. The minimum Gasteiger partial charge on any atom is -0.504 e. The number of aryl methyl sites for hydroxylation is 1. The summed E-state index contributed by atoms with van der Waals surface area (Å²) in [6, 6.07) is 8.62. The molecular formula is C13H10N2O2. The van der Waals surface area contributed by atoms with Crippen LogP contribution >= 0.6 is 0 Å². The van der Waals surface area contributed by atoms with E-state index in [1.54, 1.807) is 0 Å². The van der Waals surface area contributed by atoms with E-state index in [4.69, 9.17) is 0 Å². The molecule has 0 saturated carbocycles. The van der Waals surface area contributed by atoms with Crippen molar-refractivity contribution in [1.82, 2.24) is 9.97 Å². The number of aromatic hydroxyl groups is 2. The number of nitrogens with zero attached hydrogens (tertiary/aromatic N) is 2. The molecule has 0 spiro atoms. The van der Waals surface area contributed by atoms with Crippen LogP contribution in [-0.2, 0) is 0 Å². The summed E-state index contributed by atoms with van der Waals surface area (Å²) < 4.78 is 0. The van der Waals surface area contributed by atoms with Crippen molar-refractivity contribution in [3.63, 3.8) is 0 Å². The second-order valence-corrected chi connectivity index (χ2v) is 4.05. The first-order chi connectivity index (χ1) is 8.13. The monoisotopic (exact) mass is 226 g/mol. The van der Waals surface area contributed by atoms with E-state index in [9.17, 15) is 10.2 Å². The van der Waals surface area contributed by atoms with Gasteiger partial charge in [-0.3, -0.25) is 0 Å². The normalized spacial score (nSPS) is 11.1. The molecule has 3 rings (SSSR count). The number of hydrogen-bond donors (Lipinski definition) is 2. The number of benzene rings is 2. The number of phenolic OH excluding ortho intramolecular Hbond substituents is 2. The average Bonchev–Trinajstić information content (AvgIpc) is 2.28. The van der Waals surface area contributed by atoms with Crippen molar-refractivity contribution in [3.8, 4) is 11.5 Å². The fourth-order valence-corrected chi connectivity index (χ4v) is 1.81. The van der Waals surface area contributed by atoms with E-state index in [-0.39, 0.29) is 11.5 Å². The Bertz CT molecular complexity index is 738. The fourth-order valence-electron chi connectivity index (χ4n) is 1.81. The van der Waals surface area contributed by atoms with Gasteiger partial charge in [0, 0.05) is 12.1 Å². The van der Waals surface area contributed by atoms with Gasteiger partial charge in [-0.1, -0.05) is 6.07 Å². The molecule has 0 bridgehead atoms. The van der Waals surface area contributed by atoms with E-state index in [0.29, 0.717) is 11.0 Å². The summed E-state index contributed by atoms with van der Waals surface area (Å²) in [6.07, 6.45) is 0. The SMILES string of the molecule is Cc1ccc2nc3cc(O)c(O)cc3nc2c1. The Kier molecular flexibility index (Phi) is 1.92. The predicted octanol–water partition coefficient (Wildman–Crippen LogP) is 2.50. The summed E-state index contributed by atoms with van der Waals surface area (Å²) in [5.74, 6) is -0.364. The van der Waals surface area contributed by atoms with Gasteiger partial charge < -0.3 is 10.2 Å². The Morgan fingerprint density at radius 1 is 0.765 bits per heavy atom. The lowest BCUT2D eigenvalue weighted by Gasteiger charge is -2.03. The zero-order chi connectivity index (χ0) is 12.0. The van der Waals surface area contributed by atoms with Gasteiger partial charge in [-0.25, -0.2) is 9.97 Å². The van der Waals surface area contributed by atoms with Gasteiger partial charge in [-0.05, 0) is 24.6 Å². The first kappa shape index (κ1) is 9.84. The van der Waals surface area contributed by atoms with Crippen LogP contribution in [0, 0.1) is 6.92 Å². The lowest BCUT2D eigenvalue weighted by Crippen LogP contribution is -1.88. The lowest BCUT2D eigenvalue weighted by atomic mass is 10.2. The number of phenols is 2.